The minimum absolute atomic E-state index is 0.884. The Morgan fingerprint density at radius 2 is 0.460 bits per heavy atom. The van der Waals surface area contributed by atoms with Gasteiger partial charge in [-0.15, -0.1) is 0 Å². The van der Waals surface area contributed by atoms with Gasteiger partial charge in [-0.25, -0.2) is 0 Å². The summed E-state index contributed by atoms with van der Waals surface area (Å²) in [7, 11) is 0. The fourth-order valence-electron chi connectivity index (χ4n) is 23.8. The second-order valence-corrected chi connectivity index (χ2v) is 38.8. The van der Waals surface area contributed by atoms with Crippen LogP contribution in [-0.4, -0.2) is 32.9 Å². The molecule has 16 aliphatic carbocycles. The van der Waals surface area contributed by atoms with Crippen LogP contribution in [0.5, 0.6) is 0 Å². The minimum atomic E-state index is -1.87. The summed E-state index contributed by atoms with van der Waals surface area (Å²) in [5.74, 6) is 13.9. The van der Waals surface area contributed by atoms with Crippen LogP contribution in [0.2, 0.25) is 0 Å². The Balaban J connectivity index is 1.19. The van der Waals surface area contributed by atoms with Crippen molar-refractivity contribution in [3.05, 3.63) is 0 Å². The Kier molecular flexibility index (Phi) is 7.43. The van der Waals surface area contributed by atoms with Gasteiger partial charge in [-0.05, 0) is 0 Å². The number of rotatable bonds is 11. The van der Waals surface area contributed by atoms with E-state index in [1.165, 1.54) is 12.8 Å². The third kappa shape index (κ3) is 4.17. The average Bonchev–Trinajstić information content (AvgIpc) is 3.03. The van der Waals surface area contributed by atoms with Crippen LogP contribution in [0.1, 0.15) is 194 Å². The number of hydrogen-bond acceptors (Lipinski definition) is 0. The number of unbranched alkanes of at least 4 members (excludes halogenated alkanes) is 2. The van der Waals surface area contributed by atoms with E-state index < -0.39 is 13.9 Å². The van der Waals surface area contributed by atoms with E-state index in [0.29, 0.717) is 0 Å². The van der Waals surface area contributed by atoms with Crippen LogP contribution in [0, 0.1) is 71.0 Å². The Hall–Kier alpha value is 0.860. The molecule has 0 nitrogen and oxygen atoms in total. The summed E-state index contributed by atoms with van der Waals surface area (Å²) in [6.45, 7) is 1.63. The summed E-state index contributed by atoms with van der Waals surface area (Å²) in [6, 6.07) is 0. The molecule has 0 saturated heterocycles. The molecule has 0 N–H and O–H groups in total. The van der Waals surface area contributed by atoms with Crippen LogP contribution in [-0.2, 0) is 0 Å². The fraction of sp³-hybridized carbons (Fsp3) is 1.00. The summed E-state index contributed by atoms with van der Waals surface area (Å²) in [5, 5.41) is 3.54. The van der Waals surface area contributed by atoms with Crippen molar-refractivity contribution >= 4 is 13.9 Å². The molecule has 50 heavy (non-hydrogen) atoms. The van der Waals surface area contributed by atoms with E-state index in [2.05, 4.69) is 13.8 Å². The van der Waals surface area contributed by atoms with Gasteiger partial charge in [-0.2, -0.15) is 0 Å². The Morgan fingerprint density at radius 3 is 0.600 bits per heavy atom. The summed E-state index contributed by atoms with van der Waals surface area (Å²) >= 11 is 0. The Labute approximate surface area is 310 Å². The molecule has 16 saturated carbocycles. The molecule has 2 heteroatoms. The van der Waals surface area contributed by atoms with Crippen LogP contribution in [0.3, 0.4) is 0 Å². The molecule has 0 aromatic carbocycles. The van der Waals surface area contributed by atoms with Crippen LogP contribution in [0.15, 0.2) is 0 Å². The van der Waals surface area contributed by atoms with Crippen molar-refractivity contribution in [3.8, 4) is 0 Å². The van der Waals surface area contributed by atoms with Crippen molar-refractivity contribution < 1.29 is 0 Å². The molecule has 16 rings (SSSR count). The summed E-state index contributed by atoms with van der Waals surface area (Å²) in [4.78, 5) is 0. The molecule has 0 heterocycles. The molecule has 16 aliphatic rings. The maximum atomic E-state index is 2.68. The first kappa shape index (κ1) is 33.0. The third-order valence-corrected chi connectivity index (χ3v) is 47.9. The van der Waals surface area contributed by atoms with Gasteiger partial charge in [0.1, 0.15) is 0 Å². The van der Waals surface area contributed by atoms with E-state index in [1.807, 2.05) is 89.4 Å². The molecule has 0 aromatic heterocycles. The average molecular weight is 719 g/mol. The topological polar surface area (TPSA) is 0 Å². The van der Waals surface area contributed by atoms with Gasteiger partial charge in [0.05, 0.1) is 0 Å². The van der Waals surface area contributed by atoms with Crippen molar-refractivity contribution in [2.45, 2.75) is 214 Å². The molecule has 0 radical (unpaired) electrons. The molecular weight excluding hydrogens is 638 g/mol. The SMILES string of the molecule is CCCC[PH](C12CC3CC(CC(C3)C1)C2)(C12CC3CC(CC(C3)C1)C2)[PH](CCCC)(C12CC3CC(CC(C3)C1)C2)C12CC3CC(CC(C3)C1)C2. The first-order valence-electron chi connectivity index (χ1n) is 24.3. The normalized spacial score (nSPS) is 56.9. The van der Waals surface area contributed by atoms with Crippen LogP contribution in [0.25, 0.3) is 0 Å². The van der Waals surface area contributed by atoms with Crippen molar-refractivity contribution in [2.75, 3.05) is 12.3 Å². The van der Waals surface area contributed by atoms with Gasteiger partial charge in [0, 0.05) is 0 Å². The van der Waals surface area contributed by atoms with E-state index in [0.717, 1.165) is 91.6 Å². The molecule has 16 bridgehead atoms. The molecule has 16 fully saturated rings. The molecule has 0 spiro atoms. The molecule has 0 atom stereocenters. The molecule has 282 valence electrons. The van der Waals surface area contributed by atoms with E-state index in [-0.39, 0.29) is 0 Å². The quantitative estimate of drug-likeness (QED) is 0.187. The molecular formula is C48H80P2. The maximum absolute atomic E-state index is 2.68. The predicted molar refractivity (Wildman–Crippen MR) is 220 cm³/mol. The Bertz CT molecular complexity index is 1020. The van der Waals surface area contributed by atoms with Gasteiger partial charge in [0.15, 0.2) is 0 Å². The number of hydrogen-bond donors (Lipinski definition) is 0. The molecule has 0 unspecified atom stereocenters. The predicted octanol–water partition coefficient (Wildman–Crippen LogP) is 13.9. The fourth-order valence-corrected chi connectivity index (χ4v) is 60.3. The zero-order valence-electron chi connectivity index (χ0n) is 33.1. The van der Waals surface area contributed by atoms with Crippen LogP contribution in [0.4, 0.5) is 0 Å². The van der Waals surface area contributed by atoms with Crippen molar-refractivity contribution in [1.82, 2.24) is 0 Å². The van der Waals surface area contributed by atoms with Gasteiger partial charge in [-0.1, -0.05) is 0 Å². The van der Waals surface area contributed by atoms with Gasteiger partial charge in [0.2, 0.25) is 0 Å². The van der Waals surface area contributed by atoms with Gasteiger partial charge in [-0.3, -0.25) is 0 Å². The van der Waals surface area contributed by atoms with E-state index in [9.17, 15) is 0 Å². The standard InChI is InChI=1S/C48H80P2/c1-3-5-7-49(45-21-33-9-34(22-45)11-35(10-33)23-45,46-24-36-12-37(25-46)14-38(13-36)26-46)50(8-6-4-2,47-27-39-15-40(28-47)17-41(16-39)29-47)48-30-42-18-43(31-48)20-44(19-42)32-48/h33-44,49-50H,3-32H2,1-2H3. The monoisotopic (exact) mass is 719 g/mol. The Morgan fingerprint density at radius 1 is 0.300 bits per heavy atom. The second-order valence-electron chi connectivity index (χ2n) is 24.8. The zero-order chi connectivity index (χ0) is 33.1. The second kappa shape index (κ2) is 11.3. The van der Waals surface area contributed by atoms with Crippen LogP contribution >= 0.6 is 13.9 Å². The molecule has 0 aliphatic heterocycles. The zero-order valence-corrected chi connectivity index (χ0v) is 35.1. The van der Waals surface area contributed by atoms with Gasteiger partial charge in [0.25, 0.3) is 0 Å². The third-order valence-electron chi connectivity index (χ3n) is 22.3. The summed E-state index contributed by atoms with van der Waals surface area (Å²) in [6.07, 6.45) is 52.3. The first-order chi connectivity index (χ1) is 24.3. The van der Waals surface area contributed by atoms with Crippen molar-refractivity contribution in [2.24, 2.45) is 71.0 Å². The summed E-state index contributed by atoms with van der Waals surface area (Å²) in [5.41, 5.74) is 0. The summed E-state index contributed by atoms with van der Waals surface area (Å²) < 4.78 is 0. The van der Waals surface area contributed by atoms with Gasteiger partial charge < -0.3 is 0 Å². The van der Waals surface area contributed by atoms with Crippen LogP contribution < -0.4 is 0 Å². The van der Waals surface area contributed by atoms with E-state index in [4.69, 9.17) is 0 Å². The van der Waals surface area contributed by atoms with E-state index >= 15 is 0 Å². The van der Waals surface area contributed by atoms with Crippen molar-refractivity contribution in [3.63, 3.8) is 0 Å². The first-order valence-corrected chi connectivity index (χ1v) is 29.7. The van der Waals surface area contributed by atoms with Gasteiger partial charge >= 0.3 is 311 Å². The van der Waals surface area contributed by atoms with Crippen molar-refractivity contribution in [1.29, 1.82) is 0 Å². The van der Waals surface area contributed by atoms with E-state index in [1.54, 1.807) is 89.9 Å². The molecule has 0 amide bonds. The molecule has 0 aromatic rings.